The SMILES string of the molecule is CCOc1ccc(C(C)NC(=O)C2CCCCN2S(C)(=O)=O)cc1. The number of ether oxygens (including phenoxy) is 1. The van der Waals surface area contributed by atoms with Crippen LogP contribution in [-0.4, -0.2) is 44.1 Å². The average Bonchev–Trinajstić information content (AvgIpc) is 2.55. The van der Waals surface area contributed by atoms with E-state index in [4.69, 9.17) is 4.74 Å². The molecule has 1 saturated heterocycles. The molecule has 2 unspecified atom stereocenters. The summed E-state index contributed by atoms with van der Waals surface area (Å²) in [5, 5.41) is 2.93. The van der Waals surface area contributed by atoms with Crippen molar-refractivity contribution in [1.29, 1.82) is 0 Å². The van der Waals surface area contributed by atoms with Crippen molar-refractivity contribution in [1.82, 2.24) is 9.62 Å². The normalized spacial score (nSPS) is 20.4. The molecular weight excluding hydrogens is 328 g/mol. The Bertz CT molecular complexity index is 658. The molecule has 1 fully saturated rings. The lowest BCUT2D eigenvalue weighted by atomic mass is 10.0. The summed E-state index contributed by atoms with van der Waals surface area (Å²) < 4.78 is 30.5. The minimum atomic E-state index is -3.38. The summed E-state index contributed by atoms with van der Waals surface area (Å²) in [5.74, 6) is 0.553. The minimum absolute atomic E-state index is 0.198. The Labute approximate surface area is 144 Å². The highest BCUT2D eigenvalue weighted by atomic mass is 32.2. The van der Waals surface area contributed by atoms with E-state index < -0.39 is 16.1 Å². The van der Waals surface area contributed by atoms with E-state index in [1.807, 2.05) is 38.1 Å². The van der Waals surface area contributed by atoms with Crippen LogP contribution in [-0.2, 0) is 14.8 Å². The van der Waals surface area contributed by atoms with Gasteiger partial charge in [-0.25, -0.2) is 8.42 Å². The standard InChI is InChI=1S/C17H26N2O4S/c1-4-23-15-10-8-14(9-11-15)13(2)18-17(20)16-7-5-6-12-19(16)24(3,21)22/h8-11,13,16H,4-7,12H2,1-3H3,(H,18,20). The second-order valence-electron chi connectivity index (χ2n) is 6.12. The van der Waals surface area contributed by atoms with E-state index in [-0.39, 0.29) is 11.9 Å². The number of rotatable bonds is 6. The summed E-state index contributed by atoms with van der Waals surface area (Å²) in [4.78, 5) is 12.6. The smallest absolute Gasteiger partial charge is 0.238 e. The lowest BCUT2D eigenvalue weighted by molar-refractivity contribution is -0.126. The highest BCUT2D eigenvalue weighted by Crippen LogP contribution is 2.22. The van der Waals surface area contributed by atoms with Crippen LogP contribution in [0.25, 0.3) is 0 Å². The van der Waals surface area contributed by atoms with Gasteiger partial charge in [-0.15, -0.1) is 0 Å². The zero-order valence-corrected chi connectivity index (χ0v) is 15.3. The van der Waals surface area contributed by atoms with Crippen LogP contribution in [0.5, 0.6) is 5.75 Å². The van der Waals surface area contributed by atoms with Crippen molar-refractivity contribution < 1.29 is 17.9 Å². The number of hydrogen-bond donors (Lipinski definition) is 1. The number of benzene rings is 1. The van der Waals surface area contributed by atoms with Gasteiger partial charge >= 0.3 is 0 Å². The fourth-order valence-corrected chi connectivity index (χ4v) is 4.10. The molecule has 0 radical (unpaired) electrons. The summed E-state index contributed by atoms with van der Waals surface area (Å²) >= 11 is 0. The topological polar surface area (TPSA) is 75.7 Å². The number of sulfonamides is 1. The molecule has 2 atom stereocenters. The number of piperidine rings is 1. The third-order valence-corrected chi connectivity index (χ3v) is 5.52. The Morgan fingerprint density at radius 3 is 2.58 bits per heavy atom. The van der Waals surface area contributed by atoms with Crippen LogP contribution in [0.15, 0.2) is 24.3 Å². The van der Waals surface area contributed by atoms with Crippen LogP contribution in [0.4, 0.5) is 0 Å². The van der Waals surface area contributed by atoms with Gasteiger partial charge in [0.05, 0.1) is 18.9 Å². The van der Waals surface area contributed by atoms with Gasteiger partial charge in [0.25, 0.3) is 0 Å². The Hall–Kier alpha value is -1.60. The molecule has 0 aromatic heterocycles. The molecule has 0 bridgehead atoms. The number of nitrogens with one attached hydrogen (secondary N) is 1. The first-order valence-electron chi connectivity index (χ1n) is 8.33. The number of carbonyl (C=O) groups is 1. The molecule has 134 valence electrons. The van der Waals surface area contributed by atoms with E-state index >= 15 is 0 Å². The maximum atomic E-state index is 12.6. The van der Waals surface area contributed by atoms with E-state index in [0.717, 1.165) is 30.4 Å². The van der Waals surface area contributed by atoms with Crippen LogP contribution in [0.3, 0.4) is 0 Å². The number of nitrogens with zero attached hydrogens (tertiary/aromatic N) is 1. The molecule has 1 heterocycles. The molecule has 24 heavy (non-hydrogen) atoms. The minimum Gasteiger partial charge on any atom is -0.494 e. The fourth-order valence-electron chi connectivity index (χ4n) is 2.98. The van der Waals surface area contributed by atoms with Crippen molar-refractivity contribution >= 4 is 15.9 Å². The molecule has 0 spiro atoms. The molecule has 1 aromatic rings. The number of carbonyl (C=O) groups excluding carboxylic acids is 1. The van der Waals surface area contributed by atoms with Gasteiger partial charge in [-0.05, 0) is 44.4 Å². The van der Waals surface area contributed by atoms with Gasteiger partial charge in [0.2, 0.25) is 15.9 Å². The third kappa shape index (κ3) is 4.70. The molecule has 7 heteroatoms. The summed E-state index contributed by atoms with van der Waals surface area (Å²) in [7, 11) is -3.38. The molecule has 1 aliphatic heterocycles. The van der Waals surface area contributed by atoms with Crippen molar-refractivity contribution in [3.8, 4) is 5.75 Å². The van der Waals surface area contributed by atoms with E-state index in [1.165, 1.54) is 4.31 Å². The van der Waals surface area contributed by atoms with Crippen LogP contribution in [0.2, 0.25) is 0 Å². The van der Waals surface area contributed by atoms with Crippen LogP contribution in [0, 0.1) is 0 Å². The molecular formula is C17H26N2O4S. The summed E-state index contributed by atoms with van der Waals surface area (Å²) in [5.41, 5.74) is 0.952. The van der Waals surface area contributed by atoms with Crippen molar-refractivity contribution in [2.45, 2.75) is 45.2 Å². The first-order valence-corrected chi connectivity index (χ1v) is 10.2. The van der Waals surface area contributed by atoms with E-state index in [1.54, 1.807) is 0 Å². The first kappa shape index (κ1) is 18.7. The van der Waals surface area contributed by atoms with E-state index in [2.05, 4.69) is 5.32 Å². The largest absolute Gasteiger partial charge is 0.494 e. The Morgan fingerprint density at radius 1 is 1.33 bits per heavy atom. The van der Waals surface area contributed by atoms with Crippen LogP contribution >= 0.6 is 0 Å². The van der Waals surface area contributed by atoms with Crippen molar-refractivity contribution in [2.24, 2.45) is 0 Å². The second kappa shape index (κ2) is 7.98. The fraction of sp³-hybridized carbons (Fsp3) is 0.588. The molecule has 1 aliphatic rings. The van der Waals surface area contributed by atoms with Crippen molar-refractivity contribution in [3.63, 3.8) is 0 Å². The van der Waals surface area contributed by atoms with Gasteiger partial charge in [-0.3, -0.25) is 4.79 Å². The Morgan fingerprint density at radius 2 is 2.00 bits per heavy atom. The molecule has 0 saturated carbocycles. The average molecular weight is 354 g/mol. The van der Waals surface area contributed by atoms with Crippen molar-refractivity contribution in [2.75, 3.05) is 19.4 Å². The molecule has 6 nitrogen and oxygen atoms in total. The highest BCUT2D eigenvalue weighted by Gasteiger charge is 2.34. The number of hydrogen-bond acceptors (Lipinski definition) is 4. The lowest BCUT2D eigenvalue weighted by Gasteiger charge is -2.33. The molecule has 1 N–H and O–H groups in total. The predicted molar refractivity (Wildman–Crippen MR) is 93.4 cm³/mol. The highest BCUT2D eigenvalue weighted by molar-refractivity contribution is 7.88. The van der Waals surface area contributed by atoms with E-state index in [0.29, 0.717) is 19.6 Å². The van der Waals surface area contributed by atoms with E-state index in [9.17, 15) is 13.2 Å². The Balaban J connectivity index is 2.04. The van der Waals surface area contributed by atoms with Gasteiger partial charge in [0.15, 0.2) is 0 Å². The molecule has 1 amide bonds. The maximum absolute atomic E-state index is 12.6. The van der Waals surface area contributed by atoms with Gasteiger partial charge in [0.1, 0.15) is 11.8 Å². The summed E-state index contributed by atoms with van der Waals surface area (Å²) in [6.07, 6.45) is 3.39. The zero-order chi connectivity index (χ0) is 17.7. The van der Waals surface area contributed by atoms with Crippen LogP contribution in [0.1, 0.15) is 44.7 Å². The lowest BCUT2D eigenvalue weighted by Crippen LogP contribution is -2.51. The van der Waals surface area contributed by atoms with Crippen molar-refractivity contribution in [3.05, 3.63) is 29.8 Å². The van der Waals surface area contributed by atoms with Gasteiger partial charge in [0, 0.05) is 6.54 Å². The van der Waals surface area contributed by atoms with Gasteiger partial charge in [-0.2, -0.15) is 4.31 Å². The zero-order valence-electron chi connectivity index (χ0n) is 14.5. The molecule has 0 aliphatic carbocycles. The first-order chi connectivity index (χ1) is 11.3. The predicted octanol–water partition coefficient (Wildman–Crippen LogP) is 2.08. The summed E-state index contributed by atoms with van der Waals surface area (Å²) in [6, 6.07) is 6.74. The monoisotopic (exact) mass is 354 g/mol. The second-order valence-corrected chi connectivity index (χ2v) is 8.05. The Kier molecular flexibility index (Phi) is 6.23. The summed E-state index contributed by atoms with van der Waals surface area (Å²) in [6.45, 7) is 4.83. The molecule has 1 aromatic carbocycles. The molecule has 2 rings (SSSR count). The van der Waals surface area contributed by atoms with Crippen LogP contribution < -0.4 is 10.1 Å². The maximum Gasteiger partial charge on any atom is 0.238 e. The van der Waals surface area contributed by atoms with Gasteiger partial charge < -0.3 is 10.1 Å². The quantitative estimate of drug-likeness (QED) is 0.849. The third-order valence-electron chi connectivity index (χ3n) is 4.23. The van der Waals surface area contributed by atoms with Gasteiger partial charge in [-0.1, -0.05) is 18.6 Å². The number of amides is 1.